The first kappa shape index (κ1) is 14.1. The number of aryl methyl sites for hydroxylation is 1. The van der Waals surface area contributed by atoms with Gasteiger partial charge < -0.3 is 14.2 Å². The summed E-state index contributed by atoms with van der Waals surface area (Å²) in [6.07, 6.45) is 7.89. The second-order valence-electron chi connectivity index (χ2n) is 6.72. The van der Waals surface area contributed by atoms with Gasteiger partial charge in [0.25, 0.3) is 0 Å². The first-order valence-corrected chi connectivity index (χ1v) is 8.77. The molecule has 0 saturated carbocycles. The van der Waals surface area contributed by atoms with Crippen molar-refractivity contribution in [3.8, 4) is 5.75 Å². The molecule has 2 aliphatic rings. The van der Waals surface area contributed by atoms with E-state index in [4.69, 9.17) is 4.74 Å². The van der Waals surface area contributed by atoms with Crippen LogP contribution < -0.4 is 4.74 Å². The van der Waals surface area contributed by atoms with Gasteiger partial charge in [-0.1, -0.05) is 0 Å². The Balaban J connectivity index is 1.72. The average molecular weight is 298 g/mol. The predicted molar refractivity (Wildman–Crippen MR) is 90.8 cm³/mol. The SMILES string of the molecule is COc1ccc2c(c1)c1c(n2CCN2CCCC2)CCCC1. The lowest BCUT2D eigenvalue weighted by Gasteiger charge is -2.19. The summed E-state index contributed by atoms with van der Waals surface area (Å²) in [6, 6.07) is 6.61. The van der Waals surface area contributed by atoms with Gasteiger partial charge in [0.2, 0.25) is 0 Å². The van der Waals surface area contributed by atoms with E-state index >= 15 is 0 Å². The second kappa shape index (κ2) is 5.96. The van der Waals surface area contributed by atoms with E-state index < -0.39 is 0 Å². The molecule has 1 aliphatic heterocycles. The maximum Gasteiger partial charge on any atom is 0.119 e. The molecular formula is C19H26N2O. The van der Waals surface area contributed by atoms with Crippen LogP contribution in [0, 0.1) is 0 Å². The van der Waals surface area contributed by atoms with Crippen molar-refractivity contribution in [2.24, 2.45) is 0 Å². The smallest absolute Gasteiger partial charge is 0.119 e. The fourth-order valence-electron chi connectivity index (χ4n) is 4.25. The van der Waals surface area contributed by atoms with Gasteiger partial charge in [-0.3, -0.25) is 0 Å². The Morgan fingerprint density at radius 1 is 1.00 bits per heavy atom. The molecule has 1 aliphatic carbocycles. The molecule has 0 atom stereocenters. The molecule has 1 fully saturated rings. The summed E-state index contributed by atoms with van der Waals surface area (Å²) in [5.74, 6) is 0.984. The molecule has 3 heteroatoms. The Morgan fingerprint density at radius 3 is 2.64 bits per heavy atom. The third kappa shape index (κ3) is 2.41. The number of aromatic nitrogens is 1. The van der Waals surface area contributed by atoms with E-state index in [2.05, 4.69) is 27.7 Å². The number of nitrogens with zero attached hydrogens (tertiary/aromatic N) is 2. The molecular weight excluding hydrogens is 272 g/mol. The molecule has 0 N–H and O–H groups in total. The number of methoxy groups -OCH3 is 1. The van der Waals surface area contributed by atoms with Crippen LogP contribution in [-0.2, 0) is 19.4 Å². The molecule has 0 unspecified atom stereocenters. The molecule has 3 nitrogen and oxygen atoms in total. The quantitative estimate of drug-likeness (QED) is 0.857. The Hall–Kier alpha value is -1.48. The largest absolute Gasteiger partial charge is 0.497 e. The molecule has 0 radical (unpaired) electrons. The lowest BCUT2D eigenvalue weighted by atomic mass is 9.95. The number of likely N-dealkylation sites (tertiary alicyclic amines) is 1. The number of ether oxygens (including phenoxy) is 1. The van der Waals surface area contributed by atoms with Crippen LogP contribution in [0.2, 0.25) is 0 Å². The first-order chi connectivity index (χ1) is 10.9. The Labute approximate surface area is 132 Å². The molecule has 2 heterocycles. The topological polar surface area (TPSA) is 17.4 Å². The van der Waals surface area contributed by atoms with Gasteiger partial charge in [-0.25, -0.2) is 0 Å². The van der Waals surface area contributed by atoms with Gasteiger partial charge in [-0.2, -0.15) is 0 Å². The van der Waals surface area contributed by atoms with Gasteiger partial charge in [0, 0.05) is 29.7 Å². The molecule has 4 rings (SSSR count). The average Bonchev–Trinajstić information content (AvgIpc) is 3.18. The summed E-state index contributed by atoms with van der Waals surface area (Å²) >= 11 is 0. The summed E-state index contributed by atoms with van der Waals surface area (Å²) in [5, 5.41) is 1.43. The normalized spacial score (nSPS) is 18.8. The van der Waals surface area contributed by atoms with Crippen LogP contribution in [0.3, 0.4) is 0 Å². The monoisotopic (exact) mass is 298 g/mol. The van der Waals surface area contributed by atoms with Gasteiger partial charge in [0.1, 0.15) is 5.75 Å². The van der Waals surface area contributed by atoms with Crippen LogP contribution in [0.5, 0.6) is 5.75 Å². The van der Waals surface area contributed by atoms with Crippen molar-refractivity contribution in [1.82, 2.24) is 9.47 Å². The molecule has 0 amide bonds. The summed E-state index contributed by atoms with van der Waals surface area (Å²) in [6.45, 7) is 4.91. The highest BCUT2D eigenvalue weighted by molar-refractivity contribution is 5.87. The van der Waals surface area contributed by atoms with Gasteiger partial charge in [-0.15, -0.1) is 0 Å². The van der Waals surface area contributed by atoms with E-state index in [9.17, 15) is 0 Å². The molecule has 1 aromatic carbocycles. The van der Waals surface area contributed by atoms with Crippen molar-refractivity contribution < 1.29 is 4.74 Å². The Bertz CT molecular complexity index is 668. The number of hydrogen-bond acceptors (Lipinski definition) is 2. The summed E-state index contributed by atoms with van der Waals surface area (Å²) in [4.78, 5) is 2.62. The van der Waals surface area contributed by atoms with Crippen molar-refractivity contribution in [2.75, 3.05) is 26.7 Å². The molecule has 0 bridgehead atoms. The number of hydrogen-bond donors (Lipinski definition) is 0. The van der Waals surface area contributed by atoms with E-state index in [1.807, 2.05) is 0 Å². The Morgan fingerprint density at radius 2 is 1.82 bits per heavy atom. The molecule has 1 aromatic heterocycles. The molecule has 1 saturated heterocycles. The van der Waals surface area contributed by atoms with Crippen LogP contribution in [0.15, 0.2) is 18.2 Å². The summed E-state index contributed by atoms with van der Waals surface area (Å²) < 4.78 is 8.05. The van der Waals surface area contributed by atoms with Gasteiger partial charge in [-0.05, 0) is 75.4 Å². The Kier molecular flexibility index (Phi) is 3.83. The van der Waals surface area contributed by atoms with Crippen molar-refractivity contribution in [1.29, 1.82) is 0 Å². The van der Waals surface area contributed by atoms with Gasteiger partial charge >= 0.3 is 0 Å². The van der Waals surface area contributed by atoms with E-state index in [-0.39, 0.29) is 0 Å². The third-order valence-electron chi connectivity index (χ3n) is 5.42. The van der Waals surface area contributed by atoms with Gasteiger partial charge in [0.05, 0.1) is 7.11 Å². The van der Waals surface area contributed by atoms with E-state index in [0.717, 1.165) is 12.3 Å². The zero-order valence-electron chi connectivity index (χ0n) is 13.6. The van der Waals surface area contributed by atoms with Crippen LogP contribution in [-0.4, -0.2) is 36.2 Å². The predicted octanol–water partition coefficient (Wildman–Crippen LogP) is 3.62. The molecule has 0 spiro atoms. The lowest BCUT2D eigenvalue weighted by Crippen LogP contribution is -2.25. The maximum atomic E-state index is 5.45. The minimum Gasteiger partial charge on any atom is -0.497 e. The zero-order valence-corrected chi connectivity index (χ0v) is 13.6. The minimum atomic E-state index is 0.984. The molecule has 2 aromatic rings. The van der Waals surface area contributed by atoms with Crippen molar-refractivity contribution in [3.05, 3.63) is 29.5 Å². The number of fused-ring (bicyclic) bond motifs is 3. The molecule has 118 valence electrons. The maximum absolute atomic E-state index is 5.45. The highest BCUT2D eigenvalue weighted by Gasteiger charge is 2.21. The van der Waals surface area contributed by atoms with Crippen LogP contribution in [0.1, 0.15) is 36.9 Å². The van der Waals surface area contributed by atoms with Crippen molar-refractivity contribution in [3.63, 3.8) is 0 Å². The van der Waals surface area contributed by atoms with E-state index in [0.29, 0.717) is 0 Å². The summed E-state index contributed by atoms with van der Waals surface area (Å²) in [5.41, 5.74) is 4.59. The first-order valence-electron chi connectivity index (χ1n) is 8.77. The third-order valence-corrected chi connectivity index (χ3v) is 5.42. The van der Waals surface area contributed by atoms with Crippen molar-refractivity contribution in [2.45, 2.75) is 45.1 Å². The second-order valence-corrected chi connectivity index (χ2v) is 6.72. The van der Waals surface area contributed by atoms with Crippen molar-refractivity contribution >= 4 is 10.9 Å². The number of rotatable bonds is 4. The fourth-order valence-corrected chi connectivity index (χ4v) is 4.25. The van der Waals surface area contributed by atoms with E-state index in [1.54, 1.807) is 18.4 Å². The van der Waals surface area contributed by atoms with Crippen LogP contribution in [0.25, 0.3) is 10.9 Å². The summed E-state index contributed by atoms with van der Waals surface area (Å²) in [7, 11) is 1.76. The van der Waals surface area contributed by atoms with Crippen LogP contribution in [0.4, 0.5) is 0 Å². The minimum absolute atomic E-state index is 0.984. The highest BCUT2D eigenvalue weighted by atomic mass is 16.5. The van der Waals surface area contributed by atoms with Gasteiger partial charge in [0.15, 0.2) is 0 Å². The number of benzene rings is 1. The molecule has 22 heavy (non-hydrogen) atoms. The van der Waals surface area contributed by atoms with E-state index in [1.165, 1.54) is 69.1 Å². The zero-order chi connectivity index (χ0) is 14.9. The highest BCUT2D eigenvalue weighted by Crippen LogP contribution is 2.34. The standard InChI is InChI=1S/C19H26N2O/c1-22-15-8-9-19-17(14-15)16-6-2-3-7-18(16)21(19)13-12-20-10-4-5-11-20/h8-9,14H,2-7,10-13H2,1H3. The fraction of sp³-hybridized carbons (Fsp3) is 0.579. The van der Waals surface area contributed by atoms with Crippen LogP contribution >= 0.6 is 0 Å². The lowest BCUT2D eigenvalue weighted by molar-refractivity contribution is 0.322.